The number of amides is 2. The van der Waals surface area contributed by atoms with E-state index in [9.17, 15) is 19.2 Å². The fraction of sp³-hybridized carbons (Fsp3) is 0.273. The molecule has 2 aromatic carbocycles. The molecule has 0 aromatic heterocycles. The number of ether oxygens (including phenoxy) is 1. The van der Waals surface area contributed by atoms with Gasteiger partial charge in [0.1, 0.15) is 6.04 Å². The molecule has 144 valence electrons. The number of benzene rings is 2. The van der Waals surface area contributed by atoms with E-state index in [0.717, 1.165) is 4.90 Å². The van der Waals surface area contributed by atoms with Crippen LogP contribution < -0.4 is 0 Å². The van der Waals surface area contributed by atoms with Gasteiger partial charge < -0.3 is 4.74 Å². The van der Waals surface area contributed by atoms with Crippen molar-refractivity contribution in [1.82, 2.24) is 4.90 Å². The van der Waals surface area contributed by atoms with Crippen LogP contribution in [0.1, 0.15) is 51.8 Å². The number of ketones is 1. The average molecular weight is 379 g/mol. The van der Waals surface area contributed by atoms with Crippen molar-refractivity contribution >= 4 is 23.6 Å². The summed E-state index contributed by atoms with van der Waals surface area (Å²) in [6.07, 6.45) is -1.04. The molecule has 3 rings (SSSR count). The molecule has 0 saturated heterocycles. The monoisotopic (exact) mass is 379 g/mol. The first-order valence-corrected chi connectivity index (χ1v) is 9.09. The maximum absolute atomic E-state index is 12.8. The molecule has 0 aliphatic carbocycles. The Balaban J connectivity index is 1.81. The Labute approximate surface area is 163 Å². The zero-order chi connectivity index (χ0) is 20.4. The van der Waals surface area contributed by atoms with Crippen molar-refractivity contribution in [2.75, 3.05) is 0 Å². The summed E-state index contributed by atoms with van der Waals surface area (Å²) in [6.45, 7) is 4.92. The quantitative estimate of drug-likeness (QED) is 0.438. The summed E-state index contributed by atoms with van der Waals surface area (Å²) in [6, 6.07) is 13.8. The summed E-state index contributed by atoms with van der Waals surface area (Å²) in [7, 11) is 0. The van der Waals surface area contributed by atoms with Crippen LogP contribution in [0.4, 0.5) is 0 Å². The summed E-state index contributed by atoms with van der Waals surface area (Å²) >= 11 is 0. The van der Waals surface area contributed by atoms with Gasteiger partial charge in [-0.05, 0) is 25.0 Å². The number of carbonyl (C=O) groups is 4. The number of imide groups is 1. The molecule has 2 aromatic rings. The molecular weight excluding hydrogens is 358 g/mol. The fourth-order valence-corrected chi connectivity index (χ4v) is 3.27. The molecule has 0 N–H and O–H groups in total. The molecule has 0 fully saturated rings. The Morgan fingerprint density at radius 2 is 1.32 bits per heavy atom. The van der Waals surface area contributed by atoms with Crippen molar-refractivity contribution in [3.05, 3.63) is 71.3 Å². The lowest BCUT2D eigenvalue weighted by Gasteiger charge is -2.28. The van der Waals surface area contributed by atoms with E-state index in [0.29, 0.717) is 5.56 Å². The van der Waals surface area contributed by atoms with E-state index in [1.54, 1.807) is 68.4 Å². The topological polar surface area (TPSA) is 80.8 Å². The third-order valence-corrected chi connectivity index (χ3v) is 4.70. The lowest BCUT2D eigenvalue weighted by Crippen LogP contribution is -2.49. The van der Waals surface area contributed by atoms with Crippen molar-refractivity contribution in [3.63, 3.8) is 0 Å². The minimum atomic E-state index is -1.11. The second-order valence-corrected chi connectivity index (χ2v) is 7.02. The van der Waals surface area contributed by atoms with Gasteiger partial charge in [-0.1, -0.05) is 56.3 Å². The Kier molecular flexibility index (Phi) is 5.40. The Morgan fingerprint density at radius 1 is 0.821 bits per heavy atom. The highest BCUT2D eigenvalue weighted by Crippen LogP contribution is 2.28. The van der Waals surface area contributed by atoms with Gasteiger partial charge in [0, 0.05) is 5.56 Å². The first kappa shape index (κ1) is 19.5. The summed E-state index contributed by atoms with van der Waals surface area (Å²) < 4.78 is 5.36. The zero-order valence-electron chi connectivity index (χ0n) is 15.9. The minimum absolute atomic E-state index is 0.263. The van der Waals surface area contributed by atoms with Gasteiger partial charge >= 0.3 is 5.97 Å². The van der Waals surface area contributed by atoms with Crippen LogP contribution in [0, 0.1) is 5.92 Å². The lowest BCUT2D eigenvalue weighted by atomic mass is 10.0. The van der Waals surface area contributed by atoms with Crippen LogP contribution >= 0.6 is 0 Å². The van der Waals surface area contributed by atoms with Gasteiger partial charge in [-0.2, -0.15) is 0 Å². The Bertz CT molecular complexity index is 900. The highest BCUT2D eigenvalue weighted by atomic mass is 16.5. The van der Waals surface area contributed by atoms with Crippen LogP contribution in [0.15, 0.2) is 54.6 Å². The fourth-order valence-electron chi connectivity index (χ4n) is 3.27. The van der Waals surface area contributed by atoms with Crippen molar-refractivity contribution in [1.29, 1.82) is 0 Å². The summed E-state index contributed by atoms with van der Waals surface area (Å²) in [4.78, 5) is 51.7. The highest BCUT2D eigenvalue weighted by Gasteiger charge is 2.45. The molecule has 0 spiro atoms. The predicted octanol–water partition coefficient (Wildman–Crippen LogP) is 3.12. The molecule has 1 aliphatic heterocycles. The Morgan fingerprint density at radius 3 is 1.82 bits per heavy atom. The van der Waals surface area contributed by atoms with Gasteiger partial charge in [-0.25, -0.2) is 4.79 Å². The average Bonchev–Trinajstić information content (AvgIpc) is 2.93. The molecule has 2 atom stereocenters. The van der Waals surface area contributed by atoms with Gasteiger partial charge in [0.2, 0.25) is 5.78 Å². The van der Waals surface area contributed by atoms with Crippen LogP contribution in [-0.4, -0.2) is 40.6 Å². The molecule has 28 heavy (non-hydrogen) atoms. The molecule has 6 nitrogen and oxygen atoms in total. The molecule has 0 unspecified atom stereocenters. The number of fused-ring (bicyclic) bond motifs is 1. The summed E-state index contributed by atoms with van der Waals surface area (Å²) in [5.74, 6) is -2.56. The number of hydrogen-bond acceptors (Lipinski definition) is 5. The standard InChI is InChI=1S/C22H21NO5/c1-13(2)18(23-20(25)16-11-7-8-12-17(16)21(23)26)22(27)28-14(3)19(24)15-9-5-4-6-10-15/h4-14,18H,1-3H3/t14-,18-/m0/s1. The van der Waals surface area contributed by atoms with Crippen molar-refractivity contribution in [2.45, 2.75) is 32.9 Å². The largest absolute Gasteiger partial charge is 0.453 e. The number of Topliss-reactive ketones (excluding diaryl/α,β-unsaturated/α-hetero) is 1. The van der Waals surface area contributed by atoms with Crippen molar-refractivity contribution < 1.29 is 23.9 Å². The SMILES string of the molecule is CC(C)[C@@H](C(=O)O[C@@H](C)C(=O)c1ccccc1)N1C(=O)c2ccccc2C1=O. The smallest absolute Gasteiger partial charge is 0.330 e. The third kappa shape index (κ3) is 3.45. The number of esters is 1. The van der Waals surface area contributed by atoms with Crippen LogP contribution in [0.25, 0.3) is 0 Å². The van der Waals surface area contributed by atoms with E-state index in [1.807, 2.05) is 0 Å². The lowest BCUT2D eigenvalue weighted by molar-refractivity contribution is -0.152. The second kappa shape index (κ2) is 7.76. The summed E-state index contributed by atoms with van der Waals surface area (Å²) in [5.41, 5.74) is 0.948. The van der Waals surface area contributed by atoms with E-state index >= 15 is 0 Å². The normalized spacial score (nSPS) is 15.4. The molecule has 1 aliphatic rings. The molecule has 1 heterocycles. The molecule has 0 radical (unpaired) electrons. The van der Waals surface area contributed by atoms with Crippen LogP contribution in [0.2, 0.25) is 0 Å². The first-order valence-electron chi connectivity index (χ1n) is 9.09. The van der Waals surface area contributed by atoms with Gasteiger partial charge in [0.05, 0.1) is 11.1 Å². The van der Waals surface area contributed by atoms with Crippen LogP contribution in [-0.2, 0) is 9.53 Å². The molecule has 2 amide bonds. The first-order chi connectivity index (χ1) is 13.3. The number of carbonyl (C=O) groups excluding carboxylic acids is 4. The number of nitrogens with zero attached hydrogens (tertiary/aromatic N) is 1. The van der Waals surface area contributed by atoms with Gasteiger partial charge in [0.25, 0.3) is 11.8 Å². The van der Waals surface area contributed by atoms with Gasteiger partial charge in [-0.15, -0.1) is 0 Å². The summed E-state index contributed by atoms with van der Waals surface area (Å²) in [5, 5.41) is 0. The van der Waals surface area contributed by atoms with Crippen molar-refractivity contribution in [2.24, 2.45) is 5.92 Å². The molecule has 6 heteroatoms. The van der Waals surface area contributed by atoms with Gasteiger partial charge in [-0.3, -0.25) is 19.3 Å². The second-order valence-electron chi connectivity index (χ2n) is 7.02. The van der Waals surface area contributed by atoms with Crippen molar-refractivity contribution in [3.8, 4) is 0 Å². The zero-order valence-corrected chi connectivity index (χ0v) is 15.9. The van der Waals surface area contributed by atoms with Gasteiger partial charge in [0.15, 0.2) is 6.10 Å². The number of rotatable bonds is 6. The maximum atomic E-state index is 12.8. The van der Waals surface area contributed by atoms with E-state index in [-0.39, 0.29) is 22.8 Å². The van der Waals surface area contributed by atoms with E-state index in [2.05, 4.69) is 0 Å². The molecular formula is C22H21NO5. The highest BCUT2D eigenvalue weighted by molar-refractivity contribution is 6.22. The van der Waals surface area contributed by atoms with E-state index in [1.165, 1.54) is 6.92 Å². The predicted molar refractivity (Wildman–Crippen MR) is 102 cm³/mol. The van der Waals surface area contributed by atoms with Crippen LogP contribution in [0.3, 0.4) is 0 Å². The Hall–Kier alpha value is -3.28. The molecule has 0 bridgehead atoms. The third-order valence-electron chi connectivity index (χ3n) is 4.70. The minimum Gasteiger partial charge on any atom is -0.453 e. The maximum Gasteiger partial charge on any atom is 0.330 e. The number of hydrogen-bond donors (Lipinski definition) is 0. The van der Waals surface area contributed by atoms with Crippen LogP contribution in [0.5, 0.6) is 0 Å². The van der Waals surface area contributed by atoms with E-state index in [4.69, 9.17) is 4.74 Å². The van der Waals surface area contributed by atoms with E-state index < -0.39 is 29.9 Å². The molecule has 0 saturated carbocycles.